The largest absolute Gasteiger partial charge is 0.377 e. The van der Waals surface area contributed by atoms with Gasteiger partial charge in [0, 0.05) is 25.0 Å². The Morgan fingerprint density at radius 2 is 1.96 bits per heavy atom. The van der Waals surface area contributed by atoms with Crippen molar-refractivity contribution in [2.75, 3.05) is 18.1 Å². The zero-order valence-electron chi connectivity index (χ0n) is 16.1. The molecular weight excluding hydrogens is 356 g/mol. The molecular formula is C19H22N8O. The highest BCUT2D eigenvalue weighted by Gasteiger charge is 2.28. The van der Waals surface area contributed by atoms with E-state index in [-0.39, 0.29) is 12.1 Å². The molecule has 1 aliphatic rings. The molecule has 5 rings (SSSR count). The van der Waals surface area contributed by atoms with Gasteiger partial charge in [-0.25, -0.2) is 9.50 Å². The Hall–Kier alpha value is -3.20. The maximum absolute atomic E-state index is 5.71. The average Bonchev–Trinajstić information content (AvgIpc) is 3.41. The molecule has 1 fully saturated rings. The Morgan fingerprint density at radius 3 is 2.64 bits per heavy atom. The van der Waals surface area contributed by atoms with Crippen LogP contribution in [-0.4, -0.2) is 59.9 Å². The number of nitrogens with zero attached hydrogens (tertiary/aromatic N) is 7. The predicted octanol–water partition coefficient (Wildman–Crippen LogP) is 2.13. The minimum absolute atomic E-state index is 0.229. The van der Waals surface area contributed by atoms with Gasteiger partial charge in [-0.3, -0.25) is 9.78 Å². The highest BCUT2D eigenvalue weighted by Crippen LogP contribution is 2.32. The van der Waals surface area contributed by atoms with Crippen molar-refractivity contribution < 1.29 is 4.74 Å². The first-order chi connectivity index (χ1) is 13.6. The summed E-state index contributed by atoms with van der Waals surface area (Å²) in [6.07, 6.45) is 5.37. The predicted molar refractivity (Wildman–Crippen MR) is 105 cm³/mol. The van der Waals surface area contributed by atoms with Crippen molar-refractivity contribution in [3.05, 3.63) is 36.8 Å². The van der Waals surface area contributed by atoms with Gasteiger partial charge in [0.15, 0.2) is 11.6 Å². The molecule has 9 nitrogen and oxygen atoms in total. The molecule has 0 radical (unpaired) electrons. The third-order valence-corrected chi connectivity index (χ3v) is 5.26. The number of H-pyrrole nitrogens is 1. The molecule has 0 aromatic carbocycles. The van der Waals surface area contributed by atoms with E-state index in [4.69, 9.17) is 9.84 Å². The number of fused-ring (bicyclic) bond motifs is 1. The van der Waals surface area contributed by atoms with Crippen molar-refractivity contribution in [2.45, 2.75) is 25.9 Å². The minimum atomic E-state index is 0.229. The molecule has 0 amide bonds. The van der Waals surface area contributed by atoms with Crippen molar-refractivity contribution in [1.29, 1.82) is 0 Å². The fourth-order valence-corrected chi connectivity index (χ4v) is 3.95. The lowest BCUT2D eigenvalue weighted by molar-refractivity contribution is 0.0751. The normalized spacial score (nSPS) is 20.2. The van der Waals surface area contributed by atoms with Gasteiger partial charge in [0.2, 0.25) is 0 Å². The van der Waals surface area contributed by atoms with Gasteiger partial charge in [-0.2, -0.15) is 10.2 Å². The summed E-state index contributed by atoms with van der Waals surface area (Å²) in [7, 11) is 1.94. The molecule has 0 saturated carbocycles. The van der Waals surface area contributed by atoms with E-state index in [2.05, 4.69) is 45.1 Å². The van der Waals surface area contributed by atoms with Crippen molar-refractivity contribution in [1.82, 2.24) is 34.6 Å². The van der Waals surface area contributed by atoms with Crippen molar-refractivity contribution in [3.8, 4) is 22.8 Å². The Labute approximate surface area is 161 Å². The monoisotopic (exact) mass is 378 g/mol. The SMILES string of the molecule is C[C@@H]1COC[C@@H](C)N1c1cc(-c2ccnn2C)c2cnc(-c3ccn[nH]3)n2n1. The number of hydrogen-bond acceptors (Lipinski definition) is 6. The molecule has 28 heavy (non-hydrogen) atoms. The van der Waals surface area contributed by atoms with Gasteiger partial charge >= 0.3 is 0 Å². The molecule has 1 N–H and O–H groups in total. The first-order valence-corrected chi connectivity index (χ1v) is 9.36. The summed E-state index contributed by atoms with van der Waals surface area (Å²) in [5.41, 5.74) is 3.79. The second-order valence-corrected chi connectivity index (χ2v) is 7.25. The number of anilines is 1. The summed E-state index contributed by atoms with van der Waals surface area (Å²) in [4.78, 5) is 6.94. The molecule has 9 heteroatoms. The first kappa shape index (κ1) is 16.9. The Bertz CT molecular complexity index is 1100. The highest BCUT2D eigenvalue weighted by molar-refractivity contribution is 5.81. The molecule has 0 aliphatic carbocycles. The number of hydrogen-bond donors (Lipinski definition) is 1. The van der Waals surface area contributed by atoms with Gasteiger partial charge < -0.3 is 9.64 Å². The van der Waals surface area contributed by atoms with Crippen LogP contribution in [0.5, 0.6) is 0 Å². The van der Waals surface area contributed by atoms with E-state index >= 15 is 0 Å². The molecule has 1 aliphatic heterocycles. The van der Waals surface area contributed by atoms with Gasteiger partial charge in [0.05, 0.1) is 42.7 Å². The number of rotatable bonds is 3. The number of aromatic amines is 1. The van der Waals surface area contributed by atoms with Gasteiger partial charge in [0.1, 0.15) is 5.69 Å². The van der Waals surface area contributed by atoms with Crippen molar-refractivity contribution >= 4 is 11.3 Å². The van der Waals surface area contributed by atoms with E-state index in [1.807, 2.05) is 34.6 Å². The average molecular weight is 378 g/mol. The molecule has 4 aromatic heterocycles. The Kier molecular flexibility index (Phi) is 3.90. The molecule has 4 aromatic rings. The summed E-state index contributed by atoms with van der Waals surface area (Å²) in [6, 6.07) is 6.49. The van der Waals surface area contributed by atoms with Crippen LogP contribution < -0.4 is 4.90 Å². The van der Waals surface area contributed by atoms with E-state index in [0.29, 0.717) is 13.2 Å². The second-order valence-electron chi connectivity index (χ2n) is 7.25. The van der Waals surface area contributed by atoms with Crippen molar-refractivity contribution in [2.24, 2.45) is 7.05 Å². The summed E-state index contributed by atoms with van der Waals surface area (Å²) in [5, 5.41) is 16.4. The van der Waals surface area contributed by atoms with Crippen molar-refractivity contribution in [3.63, 3.8) is 0 Å². The van der Waals surface area contributed by atoms with E-state index in [0.717, 1.165) is 34.1 Å². The Balaban J connectivity index is 1.77. The lowest BCUT2D eigenvalue weighted by Crippen LogP contribution is -2.50. The zero-order valence-corrected chi connectivity index (χ0v) is 16.1. The summed E-state index contributed by atoms with van der Waals surface area (Å²) >= 11 is 0. The summed E-state index contributed by atoms with van der Waals surface area (Å²) in [5.74, 6) is 1.62. The quantitative estimate of drug-likeness (QED) is 0.587. The molecule has 0 unspecified atom stereocenters. The number of aromatic nitrogens is 7. The topological polar surface area (TPSA) is 89.2 Å². The van der Waals surface area contributed by atoms with Crippen LogP contribution in [-0.2, 0) is 11.8 Å². The lowest BCUT2D eigenvalue weighted by Gasteiger charge is -2.39. The van der Waals surface area contributed by atoms with Crippen LogP contribution >= 0.6 is 0 Å². The first-order valence-electron chi connectivity index (χ1n) is 9.36. The number of morpholine rings is 1. The van der Waals surface area contributed by atoms with Crippen LogP contribution in [0.3, 0.4) is 0 Å². The number of aryl methyl sites for hydroxylation is 1. The fraction of sp³-hybridized carbons (Fsp3) is 0.368. The highest BCUT2D eigenvalue weighted by atomic mass is 16.5. The molecule has 2 atom stereocenters. The van der Waals surface area contributed by atoms with E-state index in [1.165, 1.54) is 0 Å². The summed E-state index contributed by atoms with van der Waals surface area (Å²) in [6.45, 7) is 5.69. The van der Waals surface area contributed by atoms with Crippen LogP contribution in [0.4, 0.5) is 5.82 Å². The minimum Gasteiger partial charge on any atom is -0.377 e. The molecule has 144 valence electrons. The third kappa shape index (κ3) is 2.58. The van der Waals surface area contributed by atoms with E-state index in [9.17, 15) is 0 Å². The zero-order chi connectivity index (χ0) is 19.3. The standard InChI is InChI=1S/C19H22N8O/c1-12-10-28-11-13(2)26(12)18-8-14(16-5-7-22-25(16)3)17-9-20-19(27(17)24-18)15-4-6-21-23-15/h4-9,12-13H,10-11H2,1-3H3,(H,21,23)/t12-,13-/m1/s1. The number of nitrogens with one attached hydrogen (secondary N) is 1. The van der Waals surface area contributed by atoms with Gasteiger partial charge in [-0.15, -0.1) is 5.10 Å². The van der Waals surface area contributed by atoms with E-state index in [1.54, 1.807) is 12.4 Å². The molecule has 5 heterocycles. The summed E-state index contributed by atoms with van der Waals surface area (Å²) < 4.78 is 9.46. The van der Waals surface area contributed by atoms with Gasteiger partial charge in [0.25, 0.3) is 0 Å². The second kappa shape index (κ2) is 6.45. The molecule has 0 spiro atoms. The molecule has 1 saturated heterocycles. The molecule has 0 bridgehead atoms. The van der Waals surface area contributed by atoms with Crippen LogP contribution in [0, 0.1) is 0 Å². The van der Waals surface area contributed by atoms with Crippen LogP contribution in [0.1, 0.15) is 13.8 Å². The van der Waals surface area contributed by atoms with Crippen LogP contribution in [0.15, 0.2) is 36.8 Å². The Morgan fingerprint density at radius 1 is 1.14 bits per heavy atom. The third-order valence-electron chi connectivity index (χ3n) is 5.26. The number of ether oxygens (including phenoxy) is 1. The van der Waals surface area contributed by atoms with E-state index < -0.39 is 0 Å². The van der Waals surface area contributed by atoms with Gasteiger partial charge in [-0.1, -0.05) is 0 Å². The maximum Gasteiger partial charge on any atom is 0.179 e. The maximum atomic E-state index is 5.71. The van der Waals surface area contributed by atoms with Crippen LogP contribution in [0.25, 0.3) is 28.3 Å². The fourth-order valence-electron chi connectivity index (χ4n) is 3.95. The van der Waals surface area contributed by atoms with Crippen LogP contribution in [0.2, 0.25) is 0 Å². The number of imidazole rings is 1. The van der Waals surface area contributed by atoms with Gasteiger partial charge in [-0.05, 0) is 32.0 Å². The smallest absolute Gasteiger partial charge is 0.179 e. The lowest BCUT2D eigenvalue weighted by atomic mass is 10.1.